The fraction of sp³-hybridized carbons (Fsp3) is 0.222. The van der Waals surface area contributed by atoms with E-state index < -0.39 is 11.2 Å². The first-order valence-electron chi connectivity index (χ1n) is 6.94. The van der Waals surface area contributed by atoms with E-state index >= 15 is 0 Å². The number of halogens is 1. The van der Waals surface area contributed by atoms with Crippen LogP contribution in [0.4, 0.5) is 0 Å². The molecule has 108 valence electrons. The topological polar surface area (TPSA) is 34.1 Å². The summed E-state index contributed by atoms with van der Waals surface area (Å²) in [6.07, 6.45) is 1.03. The number of Topliss-reactive ketones (excluding diaryl/α,β-unsaturated/α-hetero) is 1. The third-order valence-corrected chi connectivity index (χ3v) is 3.67. The summed E-state index contributed by atoms with van der Waals surface area (Å²) in [6, 6.07) is 19.2. The van der Waals surface area contributed by atoms with Gasteiger partial charge in [-0.3, -0.25) is 9.59 Å². The van der Waals surface area contributed by atoms with Gasteiger partial charge in [0, 0.05) is 18.8 Å². The molecule has 1 atom stereocenters. The molecule has 3 heteroatoms. The number of benzene rings is 2. The number of ketones is 1. The Bertz CT molecular complexity index is 593. The Labute approximate surface area is 129 Å². The third kappa shape index (κ3) is 5.16. The number of hydrogen-bond acceptors (Lipinski definition) is 2. The van der Waals surface area contributed by atoms with E-state index in [1.807, 2.05) is 60.7 Å². The standard InChI is InChI=1S/C18H17ClO2/c19-18(21)16(11-14-7-3-1-4-8-14)13-17(20)12-15-9-5-2-6-10-15/h1-10,16H,11-13H2. The second kappa shape index (κ2) is 7.75. The van der Waals surface area contributed by atoms with Crippen molar-refractivity contribution in [1.29, 1.82) is 0 Å². The molecular weight excluding hydrogens is 284 g/mol. The average molecular weight is 301 g/mol. The molecule has 0 bridgehead atoms. The van der Waals surface area contributed by atoms with Crippen LogP contribution >= 0.6 is 11.6 Å². The number of rotatable bonds is 7. The fourth-order valence-corrected chi connectivity index (χ4v) is 2.46. The number of carbonyl (C=O) groups excluding carboxylic acids is 2. The highest BCUT2D eigenvalue weighted by molar-refractivity contribution is 6.64. The van der Waals surface area contributed by atoms with Crippen LogP contribution in [0.1, 0.15) is 17.5 Å². The van der Waals surface area contributed by atoms with Crippen LogP contribution < -0.4 is 0 Å². The van der Waals surface area contributed by atoms with Gasteiger partial charge in [-0.05, 0) is 29.1 Å². The Kier molecular flexibility index (Phi) is 5.70. The lowest BCUT2D eigenvalue weighted by atomic mass is 9.93. The van der Waals surface area contributed by atoms with Crippen molar-refractivity contribution >= 4 is 22.6 Å². The summed E-state index contributed by atoms with van der Waals surface area (Å²) in [5.74, 6) is -0.415. The predicted molar refractivity (Wildman–Crippen MR) is 84.3 cm³/mol. The highest BCUT2D eigenvalue weighted by Crippen LogP contribution is 2.17. The predicted octanol–water partition coefficient (Wildman–Crippen LogP) is 3.81. The Morgan fingerprint density at radius 1 is 0.857 bits per heavy atom. The lowest BCUT2D eigenvalue weighted by molar-refractivity contribution is -0.123. The van der Waals surface area contributed by atoms with Crippen LogP contribution in [0.3, 0.4) is 0 Å². The van der Waals surface area contributed by atoms with Gasteiger partial charge in [0.1, 0.15) is 5.78 Å². The van der Waals surface area contributed by atoms with E-state index in [0.29, 0.717) is 12.8 Å². The summed E-state index contributed by atoms with van der Waals surface area (Å²) in [5, 5.41) is -0.444. The van der Waals surface area contributed by atoms with Crippen LogP contribution in [0.5, 0.6) is 0 Å². The van der Waals surface area contributed by atoms with Crippen molar-refractivity contribution in [2.24, 2.45) is 5.92 Å². The summed E-state index contributed by atoms with van der Waals surface area (Å²) in [4.78, 5) is 23.7. The molecule has 21 heavy (non-hydrogen) atoms. The molecule has 2 rings (SSSR count). The Hall–Kier alpha value is -1.93. The normalized spacial score (nSPS) is 11.9. The van der Waals surface area contributed by atoms with Gasteiger partial charge in [-0.2, -0.15) is 0 Å². The van der Waals surface area contributed by atoms with E-state index in [0.717, 1.165) is 11.1 Å². The molecule has 0 saturated carbocycles. The number of hydrogen-bond donors (Lipinski definition) is 0. The molecule has 2 aromatic carbocycles. The van der Waals surface area contributed by atoms with E-state index in [9.17, 15) is 9.59 Å². The minimum absolute atomic E-state index is 0.0381. The lowest BCUT2D eigenvalue weighted by Gasteiger charge is -2.12. The van der Waals surface area contributed by atoms with Gasteiger partial charge in [0.25, 0.3) is 0 Å². The Morgan fingerprint density at radius 3 is 1.90 bits per heavy atom. The summed E-state index contributed by atoms with van der Waals surface area (Å²) >= 11 is 5.65. The highest BCUT2D eigenvalue weighted by Gasteiger charge is 2.20. The minimum Gasteiger partial charge on any atom is -0.299 e. The smallest absolute Gasteiger partial charge is 0.225 e. The van der Waals surface area contributed by atoms with Crippen LogP contribution in [-0.2, 0) is 22.4 Å². The summed E-state index contributed by atoms with van der Waals surface area (Å²) < 4.78 is 0. The second-order valence-corrected chi connectivity index (χ2v) is 5.47. The molecule has 0 aliphatic rings. The second-order valence-electron chi connectivity index (χ2n) is 5.10. The summed E-state index contributed by atoms with van der Waals surface area (Å²) in [6.45, 7) is 0. The quantitative estimate of drug-likeness (QED) is 0.729. The largest absolute Gasteiger partial charge is 0.299 e. The van der Waals surface area contributed by atoms with Crippen molar-refractivity contribution in [2.45, 2.75) is 19.3 Å². The first kappa shape index (κ1) is 15.5. The average Bonchev–Trinajstić information content (AvgIpc) is 2.48. The summed E-state index contributed by atoms with van der Waals surface area (Å²) in [7, 11) is 0. The molecule has 0 aliphatic heterocycles. The fourth-order valence-electron chi connectivity index (χ4n) is 2.30. The van der Waals surface area contributed by atoms with Crippen molar-refractivity contribution < 1.29 is 9.59 Å². The zero-order valence-electron chi connectivity index (χ0n) is 11.7. The maximum atomic E-state index is 12.1. The third-order valence-electron chi connectivity index (χ3n) is 3.36. The molecule has 1 unspecified atom stereocenters. The van der Waals surface area contributed by atoms with Crippen LogP contribution in [0.2, 0.25) is 0 Å². The van der Waals surface area contributed by atoms with Crippen LogP contribution in [-0.4, -0.2) is 11.0 Å². The van der Waals surface area contributed by atoms with Gasteiger partial charge in [-0.1, -0.05) is 60.7 Å². The monoisotopic (exact) mass is 300 g/mol. The SMILES string of the molecule is O=C(Cc1ccccc1)CC(Cc1ccccc1)C(=O)Cl. The molecule has 0 amide bonds. The number of carbonyl (C=O) groups is 2. The van der Waals surface area contributed by atoms with Gasteiger partial charge in [-0.25, -0.2) is 0 Å². The molecule has 2 nitrogen and oxygen atoms in total. The van der Waals surface area contributed by atoms with Crippen molar-refractivity contribution in [1.82, 2.24) is 0 Å². The zero-order valence-corrected chi connectivity index (χ0v) is 12.4. The van der Waals surface area contributed by atoms with E-state index in [2.05, 4.69) is 0 Å². The van der Waals surface area contributed by atoms with Gasteiger partial charge >= 0.3 is 0 Å². The molecule has 0 N–H and O–H groups in total. The van der Waals surface area contributed by atoms with Gasteiger partial charge in [-0.15, -0.1) is 0 Å². The molecule has 0 aliphatic carbocycles. The van der Waals surface area contributed by atoms with Gasteiger partial charge in [0.2, 0.25) is 5.24 Å². The Morgan fingerprint density at radius 2 is 1.38 bits per heavy atom. The molecule has 0 saturated heterocycles. The van der Waals surface area contributed by atoms with Crippen molar-refractivity contribution in [3.63, 3.8) is 0 Å². The first-order valence-corrected chi connectivity index (χ1v) is 7.32. The Balaban J connectivity index is 1.96. The van der Waals surface area contributed by atoms with Gasteiger partial charge < -0.3 is 0 Å². The molecule has 0 radical (unpaired) electrons. The molecule has 0 aromatic heterocycles. The van der Waals surface area contributed by atoms with Crippen LogP contribution in [0.25, 0.3) is 0 Å². The van der Waals surface area contributed by atoms with Crippen LogP contribution in [0.15, 0.2) is 60.7 Å². The maximum Gasteiger partial charge on any atom is 0.225 e. The van der Waals surface area contributed by atoms with Gasteiger partial charge in [0.15, 0.2) is 0 Å². The molecule has 0 spiro atoms. The minimum atomic E-state index is -0.453. The molecule has 2 aromatic rings. The van der Waals surface area contributed by atoms with Crippen molar-refractivity contribution in [2.75, 3.05) is 0 Å². The zero-order chi connectivity index (χ0) is 15.1. The summed E-state index contributed by atoms with van der Waals surface area (Å²) in [5.41, 5.74) is 1.98. The maximum absolute atomic E-state index is 12.1. The molecule has 0 fully saturated rings. The highest BCUT2D eigenvalue weighted by atomic mass is 35.5. The first-order chi connectivity index (χ1) is 10.1. The van der Waals surface area contributed by atoms with Crippen LogP contribution in [0, 0.1) is 5.92 Å². The molecule has 0 heterocycles. The molecular formula is C18H17ClO2. The lowest BCUT2D eigenvalue weighted by Crippen LogP contribution is -2.18. The van der Waals surface area contributed by atoms with E-state index in [4.69, 9.17) is 11.6 Å². The van der Waals surface area contributed by atoms with Crippen molar-refractivity contribution in [3.05, 3.63) is 71.8 Å². The van der Waals surface area contributed by atoms with Gasteiger partial charge in [0.05, 0.1) is 0 Å². The van der Waals surface area contributed by atoms with E-state index in [1.165, 1.54) is 0 Å². The van der Waals surface area contributed by atoms with E-state index in [1.54, 1.807) is 0 Å². The van der Waals surface area contributed by atoms with E-state index in [-0.39, 0.29) is 12.2 Å². The van der Waals surface area contributed by atoms with Crippen molar-refractivity contribution in [3.8, 4) is 0 Å².